The van der Waals surface area contributed by atoms with Crippen LogP contribution in [0.15, 0.2) is 77.2 Å². The van der Waals surface area contributed by atoms with Crippen LogP contribution in [0, 0.1) is 6.92 Å². The van der Waals surface area contributed by atoms with Crippen LogP contribution in [0.3, 0.4) is 0 Å². The van der Waals surface area contributed by atoms with Gasteiger partial charge in [-0.05, 0) is 42.9 Å². The highest BCUT2D eigenvalue weighted by molar-refractivity contribution is 7.80. The third-order valence-corrected chi connectivity index (χ3v) is 6.32. The molecule has 0 saturated carbocycles. The molecule has 3 aromatic heterocycles. The summed E-state index contributed by atoms with van der Waals surface area (Å²) in [5, 5.41) is 19.5. The quantitative estimate of drug-likeness (QED) is 0.259. The summed E-state index contributed by atoms with van der Waals surface area (Å²) in [4.78, 5) is 13.0. The number of aromatic nitrogens is 4. The highest BCUT2D eigenvalue weighted by Crippen LogP contribution is 2.25. The summed E-state index contributed by atoms with van der Waals surface area (Å²) in [6, 6.07) is 21.4. The Morgan fingerprint density at radius 3 is 2.63 bits per heavy atom. The monoisotopic (exact) mass is 500 g/mol. The van der Waals surface area contributed by atoms with Crippen molar-refractivity contribution in [2.75, 3.05) is 0 Å². The Kier molecular flexibility index (Phi) is 6.47. The van der Waals surface area contributed by atoms with Gasteiger partial charge in [-0.15, -0.1) is 10.2 Å². The minimum atomic E-state index is -0.339. The van der Waals surface area contributed by atoms with Gasteiger partial charge in [-0.3, -0.25) is 10.1 Å². The first-order valence-electron chi connectivity index (χ1n) is 10.8. The summed E-state index contributed by atoms with van der Waals surface area (Å²) in [6.07, 6.45) is 3.00. The van der Waals surface area contributed by atoms with Gasteiger partial charge in [0.1, 0.15) is 16.5 Å². The van der Waals surface area contributed by atoms with Gasteiger partial charge in [0.2, 0.25) is 10.9 Å². The Bertz CT molecular complexity index is 1520. The topological polar surface area (TPSA) is 97.3 Å². The molecule has 0 aliphatic carbocycles. The molecule has 5 rings (SSSR count). The first-order chi connectivity index (χ1) is 17.0. The number of rotatable bonds is 6. The fourth-order valence-corrected chi connectivity index (χ4v) is 4.40. The maximum atomic E-state index is 12.2. The minimum absolute atomic E-state index is 0.247. The number of nitrogens with one attached hydrogen (secondary N) is 2. The number of benzene rings is 2. The zero-order chi connectivity index (χ0) is 24.2. The zero-order valence-electron chi connectivity index (χ0n) is 18.6. The molecule has 8 nitrogen and oxygen atoms in total. The van der Waals surface area contributed by atoms with Gasteiger partial charge in [0, 0.05) is 23.7 Å². The predicted octanol–water partition coefficient (Wildman–Crippen LogP) is 4.63. The summed E-state index contributed by atoms with van der Waals surface area (Å²) in [7, 11) is 0. The van der Waals surface area contributed by atoms with E-state index < -0.39 is 0 Å². The molecule has 3 heterocycles. The third kappa shape index (κ3) is 5.34. The number of fused-ring (bicyclic) bond motifs is 1. The van der Waals surface area contributed by atoms with E-state index in [1.54, 1.807) is 10.6 Å². The van der Waals surface area contributed by atoms with E-state index in [4.69, 9.17) is 16.6 Å². The van der Waals surface area contributed by atoms with Crippen molar-refractivity contribution in [2.45, 2.75) is 13.5 Å². The van der Waals surface area contributed by atoms with Crippen LogP contribution in [0.4, 0.5) is 0 Å². The molecule has 35 heavy (non-hydrogen) atoms. The molecule has 0 aliphatic heterocycles. The molecule has 0 atom stereocenters. The lowest BCUT2D eigenvalue weighted by atomic mass is 10.1. The molecular weight excluding hydrogens is 480 g/mol. The average molecular weight is 501 g/mol. The first-order valence-corrected chi connectivity index (χ1v) is 12.0. The summed E-state index contributed by atoms with van der Waals surface area (Å²) in [6.45, 7) is 2.35. The van der Waals surface area contributed by atoms with E-state index in [9.17, 15) is 4.79 Å². The van der Waals surface area contributed by atoms with E-state index >= 15 is 0 Å². The normalized spacial score (nSPS) is 11.2. The molecule has 0 fully saturated rings. The molecule has 0 saturated heterocycles. The van der Waals surface area contributed by atoms with Crippen LogP contribution in [0.1, 0.15) is 17.1 Å². The Morgan fingerprint density at radius 1 is 1.06 bits per heavy atom. The number of furan rings is 1. The summed E-state index contributed by atoms with van der Waals surface area (Å²) < 4.78 is 7.50. The van der Waals surface area contributed by atoms with E-state index in [1.807, 2.05) is 73.7 Å². The summed E-state index contributed by atoms with van der Waals surface area (Å²) in [5.41, 5.74) is 2.99. The maximum absolute atomic E-state index is 12.2. The van der Waals surface area contributed by atoms with Crippen molar-refractivity contribution in [1.82, 2.24) is 30.4 Å². The standard InChI is InChI=1S/C25H20N6O2S2/c1-16-28-29-25-31(16)30-23(35-25)19-9-7-17(8-10-19)15-26-24(34)27-22(32)14-12-20-11-13-21(33-20)18-5-3-2-4-6-18/h2-14H,15H2,1H3,(H2,26,27,32,34)/b14-12+. The molecule has 2 N–H and O–H groups in total. The molecular formula is C25H20N6O2S2. The number of carbonyl (C=O) groups is 1. The number of carbonyl (C=O) groups excluding carboxylic acids is 1. The molecule has 0 spiro atoms. The van der Waals surface area contributed by atoms with Crippen LogP contribution in [0.5, 0.6) is 0 Å². The van der Waals surface area contributed by atoms with Gasteiger partial charge >= 0.3 is 0 Å². The van der Waals surface area contributed by atoms with Crippen LogP contribution in [0.25, 0.3) is 32.9 Å². The Balaban J connectivity index is 1.11. The van der Waals surface area contributed by atoms with Crippen molar-refractivity contribution in [3.8, 4) is 21.9 Å². The Morgan fingerprint density at radius 2 is 1.86 bits per heavy atom. The Hall–Kier alpha value is -4.15. The molecule has 0 aliphatic rings. The smallest absolute Gasteiger partial charge is 0.250 e. The van der Waals surface area contributed by atoms with Gasteiger partial charge in [0.25, 0.3) is 0 Å². The van der Waals surface area contributed by atoms with Crippen LogP contribution in [-0.2, 0) is 11.3 Å². The molecule has 0 radical (unpaired) electrons. The van der Waals surface area contributed by atoms with E-state index in [0.717, 1.165) is 38.2 Å². The van der Waals surface area contributed by atoms with E-state index in [1.165, 1.54) is 17.4 Å². The van der Waals surface area contributed by atoms with Crippen molar-refractivity contribution in [3.05, 3.63) is 90.0 Å². The van der Waals surface area contributed by atoms with Crippen molar-refractivity contribution < 1.29 is 9.21 Å². The minimum Gasteiger partial charge on any atom is -0.457 e. The van der Waals surface area contributed by atoms with Crippen molar-refractivity contribution in [3.63, 3.8) is 0 Å². The molecule has 2 aromatic carbocycles. The Labute approximate surface area is 210 Å². The SMILES string of the molecule is Cc1nnc2sc(-c3ccc(CNC(=S)NC(=O)/C=C/c4ccc(-c5ccccc5)o4)cc3)nn12. The number of thiocarbonyl (C=S) groups is 1. The number of aryl methyl sites for hydroxylation is 1. The van der Waals surface area contributed by atoms with Gasteiger partial charge in [0.05, 0.1) is 0 Å². The van der Waals surface area contributed by atoms with Crippen LogP contribution >= 0.6 is 23.6 Å². The lowest BCUT2D eigenvalue weighted by Crippen LogP contribution is -2.37. The predicted molar refractivity (Wildman–Crippen MR) is 140 cm³/mol. The number of nitrogens with zero attached hydrogens (tertiary/aromatic N) is 4. The van der Waals surface area contributed by atoms with Gasteiger partial charge in [0.15, 0.2) is 10.9 Å². The maximum Gasteiger partial charge on any atom is 0.250 e. The van der Waals surface area contributed by atoms with Crippen LogP contribution < -0.4 is 10.6 Å². The second kappa shape index (κ2) is 10.00. The molecule has 174 valence electrons. The molecule has 10 heteroatoms. The average Bonchev–Trinajstić information content (AvgIpc) is 3.60. The number of hydrogen-bond donors (Lipinski definition) is 2. The van der Waals surface area contributed by atoms with Crippen LogP contribution in [-0.4, -0.2) is 30.8 Å². The second-order valence-electron chi connectivity index (χ2n) is 7.62. The summed E-state index contributed by atoms with van der Waals surface area (Å²) in [5.74, 6) is 1.74. The zero-order valence-corrected chi connectivity index (χ0v) is 20.3. The van der Waals surface area contributed by atoms with Crippen LogP contribution in [0.2, 0.25) is 0 Å². The molecule has 5 aromatic rings. The van der Waals surface area contributed by atoms with E-state index in [0.29, 0.717) is 12.3 Å². The highest BCUT2D eigenvalue weighted by Gasteiger charge is 2.10. The van der Waals surface area contributed by atoms with Crippen molar-refractivity contribution >= 4 is 45.6 Å². The second-order valence-corrected chi connectivity index (χ2v) is 8.98. The van der Waals surface area contributed by atoms with E-state index in [-0.39, 0.29) is 11.0 Å². The van der Waals surface area contributed by atoms with Crippen molar-refractivity contribution in [2.24, 2.45) is 0 Å². The van der Waals surface area contributed by atoms with Gasteiger partial charge in [-0.1, -0.05) is 65.9 Å². The van der Waals surface area contributed by atoms with Gasteiger partial charge < -0.3 is 9.73 Å². The largest absolute Gasteiger partial charge is 0.457 e. The molecule has 0 bridgehead atoms. The van der Waals surface area contributed by atoms with Gasteiger partial charge in [-0.2, -0.15) is 9.61 Å². The third-order valence-electron chi connectivity index (χ3n) is 5.12. The fraction of sp³-hybridized carbons (Fsp3) is 0.0800. The lowest BCUT2D eigenvalue weighted by molar-refractivity contribution is -0.115. The molecule has 0 unspecified atom stereocenters. The molecule has 1 amide bonds. The number of amides is 1. The van der Waals surface area contributed by atoms with Crippen molar-refractivity contribution in [1.29, 1.82) is 0 Å². The van der Waals surface area contributed by atoms with Gasteiger partial charge in [-0.25, -0.2) is 0 Å². The fourth-order valence-electron chi connectivity index (χ4n) is 3.33. The summed E-state index contributed by atoms with van der Waals surface area (Å²) >= 11 is 6.73. The first kappa shape index (κ1) is 22.6. The lowest BCUT2D eigenvalue weighted by Gasteiger charge is -2.08. The van der Waals surface area contributed by atoms with E-state index in [2.05, 4.69) is 25.9 Å². The number of hydrogen-bond acceptors (Lipinski definition) is 7. The highest BCUT2D eigenvalue weighted by atomic mass is 32.1.